The fourth-order valence-corrected chi connectivity index (χ4v) is 2.75. The minimum atomic E-state index is 0.965. The molecule has 2 nitrogen and oxygen atoms in total. The molecular formula is C15H18N2. The Kier molecular flexibility index (Phi) is 2.50. The Labute approximate surface area is 102 Å². The average Bonchev–Trinajstić information content (AvgIpc) is 2.54. The number of hydrogen-bond donors (Lipinski definition) is 1. The zero-order valence-corrected chi connectivity index (χ0v) is 10.3. The van der Waals surface area contributed by atoms with E-state index in [-0.39, 0.29) is 0 Å². The summed E-state index contributed by atoms with van der Waals surface area (Å²) in [5.41, 5.74) is 12.1. The first kappa shape index (κ1) is 10.6. The first-order valence-corrected chi connectivity index (χ1v) is 6.43. The molecule has 1 aliphatic rings. The molecule has 2 aromatic rings. The molecule has 0 atom stereocenters. The molecule has 2 N–H and O–H groups in total. The highest BCUT2D eigenvalue weighted by Gasteiger charge is 2.15. The van der Waals surface area contributed by atoms with Crippen LogP contribution >= 0.6 is 0 Å². The smallest absolute Gasteiger partial charge is 0.0728 e. The number of benzene rings is 1. The van der Waals surface area contributed by atoms with Gasteiger partial charge >= 0.3 is 0 Å². The summed E-state index contributed by atoms with van der Waals surface area (Å²) in [6.45, 7) is 2.10. The lowest BCUT2D eigenvalue weighted by molar-refractivity contribution is 0.709. The predicted octanol–water partition coefficient (Wildman–Crippen LogP) is 3.39. The van der Waals surface area contributed by atoms with Gasteiger partial charge in [0.1, 0.15) is 0 Å². The Morgan fingerprint density at radius 3 is 2.82 bits per heavy atom. The van der Waals surface area contributed by atoms with E-state index in [9.17, 15) is 0 Å². The van der Waals surface area contributed by atoms with Crippen molar-refractivity contribution in [1.82, 2.24) is 4.98 Å². The Morgan fingerprint density at radius 2 is 1.94 bits per heavy atom. The van der Waals surface area contributed by atoms with Crippen molar-refractivity contribution in [2.24, 2.45) is 0 Å². The van der Waals surface area contributed by atoms with Gasteiger partial charge in [-0.2, -0.15) is 0 Å². The fraction of sp³-hybridized carbons (Fsp3) is 0.400. The molecule has 1 aromatic heterocycles. The number of rotatable bonds is 0. The number of aryl methyl sites for hydroxylation is 2. The van der Waals surface area contributed by atoms with E-state index in [4.69, 9.17) is 10.7 Å². The molecule has 0 radical (unpaired) electrons. The Hall–Kier alpha value is -1.57. The van der Waals surface area contributed by atoms with Gasteiger partial charge in [-0.3, -0.25) is 4.98 Å². The Morgan fingerprint density at radius 1 is 1.12 bits per heavy atom. The van der Waals surface area contributed by atoms with Crippen LogP contribution in [0.5, 0.6) is 0 Å². The number of aromatic nitrogens is 1. The van der Waals surface area contributed by atoms with Gasteiger partial charge < -0.3 is 5.73 Å². The van der Waals surface area contributed by atoms with Crippen molar-refractivity contribution in [2.45, 2.75) is 39.0 Å². The molecule has 0 aliphatic heterocycles. The molecule has 17 heavy (non-hydrogen) atoms. The SMILES string of the molecule is Cc1ccc2c(N)c3c(nc2c1)CCCCC3. The zero-order valence-electron chi connectivity index (χ0n) is 10.3. The topological polar surface area (TPSA) is 38.9 Å². The van der Waals surface area contributed by atoms with Gasteiger partial charge in [0, 0.05) is 16.8 Å². The maximum atomic E-state index is 6.32. The highest BCUT2D eigenvalue weighted by atomic mass is 14.7. The van der Waals surface area contributed by atoms with Gasteiger partial charge in [0.05, 0.1) is 5.52 Å². The van der Waals surface area contributed by atoms with Gasteiger partial charge in [0.2, 0.25) is 0 Å². The zero-order chi connectivity index (χ0) is 11.8. The largest absolute Gasteiger partial charge is 0.398 e. The minimum Gasteiger partial charge on any atom is -0.398 e. The molecule has 0 spiro atoms. The molecule has 3 rings (SSSR count). The highest BCUT2D eigenvalue weighted by molar-refractivity contribution is 5.92. The standard InChI is InChI=1S/C15H18N2/c1-10-7-8-12-14(9-10)17-13-6-4-2-3-5-11(13)15(12)16/h7-9H,2-6H2,1H3,(H2,16,17). The Balaban J connectivity index is 2.29. The van der Waals surface area contributed by atoms with E-state index < -0.39 is 0 Å². The molecule has 2 heteroatoms. The number of nitrogens with zero attached hydrogens (tertiary/aromatic N) is 1. The van der Waals surface area contributed by atoms with E-state index in [1.54, 1.807) is 0 Å². The van der Waals surface area contributed by atoms with E-state index in [1.807, 2.05) is 0 Å². The normalized spacial score (nSPS) is 15.6. The lowest BCUT2D eigenvalue weighted by Crippen LogP contribution is -2.03. The summed E-state index contributed by atoms with van der Waals surface area (Å²) < 4.78 is 0. The van der Waals surface area contributed by atoms with Gasteiger partial charge in [-0.1, -0.05) is 18.6 Å². The quantitative estimate of drug-likeness (QED) is 0.699. The summed E-state index contributed by atoms with van der Waals surface area (Å²) in [5, 5.41) is 1.12. The van der Waals surface area contributed by atoms with Crippen molar-refractivity contribution in [2.75, 3.05) is 5.73 Å². The van der Waals surface area contributed by atoms with Gasteiger partial charge in [-0.15, -0.1) is 0 Å². The monoisotopic (exact) mass is 226 g/mol. The van der Waals surface area contributed by atoms with Gasteiger partial charge in [0.15, 0.2) is 0 Å². The molecule has 0 bridgehead atoms. The number of hydrogen-bond acceptors (Lipinski definition) is 2. The van der Waals surface area contributed by atoms with Crippen LogP contribution in [0.25, 0.3) is 10.9 Å². The van der Waals surface area contributed by atoms with Crippen molar-refractivity contribution >= 4 is 16.6 Å². The van der Waals surface area contributed by atoms with Crippen molar-refractivity contribution in [3.05, 3.63) is 35.0 Å². The average molecular weight is 226 g/mol. The fourth-order valence-electron chi connectivity index (χ4n) is 2.75. The molecular weight excluding hydrogens is 208 g/mol. The van der Waals surface area contributed by atoms with Crippen LogP contribution in [0.2, 0.25) is 0 Å². The van der Waals surface area contributed by atoms with E-state index in [1.165, 1.54) is 36.1 Å². The van der Waals surface area contributed by atoms with Crippen LogP contribution in [0.3, 0.4) is 0 Å². The summed E-state index contributed by atoms with van der Waals surface area (Å²) in [6.07, 6.45) is 5.97. The van der Waals surface area contributed by atoms with E-state index in [0.29, 0.717) is 0 Å². The molecule has 0 saturated carbocycles. The highest BCUT2D eigenvalue weighted by Crippen LogP contribution is 2.30. The number of anilines is 1. The lowest BCUT2D eigenvalue weighted by atomic mass is 10.0. The van der Waals surface area contributed by atoms with Crippen LogP contribution in [0, 0.1) is 6.92 Å². The molecule has 1 heterocycles. The third-order valence-corrected chi connectivity index (χ3v) is 3.71. The molecule has 0 unspecified atom stereocenters. The second kappa shape index (κ2) is 4.02. The third-order valence-electron chi connectivity index (χ3n) is 3.71. The first-order chi connectivity index (χ1) is 8.25. The molecule has 0 amide bonds. The van der Waals surface area contributed by atoms with Crippen molar-refractivity contribution in [1.29, 1.82) is 0 Å². The summed E-state index contributed by atoms with van der Waals surface area (Å²) in [4.78, 5) is 4.82. The first-order valence-electron chi connectivity index (χ1n) is 6.43. The van der Waals surface area contributed by atoms with Gasteiger partial charge in [-0.05, 0) is 49.8 Å². The summed E-state index contributed by atoms with van der Waals surface area (Å²) in [6, 6.07) is 6.36. The maximum absolute atomic E-state index is 6.32. The molecule has 1 aromatic carbocycles. The van der Waals surface area contributed by atoms with Crippen LogP contribution in [-0.4, -0.2) is 4.98 Å². The Bertz CT molecular complexity index is 573. The van der Waals surface area contributed by atoms with Crippen LogP contribution < -0.4 is 5.73 Å². The number of pyridine rings is 1. The van der Waals surface area contributed by atoms with Gasteiger partial charge in [-0.25, -0.2) is 0 Å². The van der Waals surface area contributed by atoms with Gasteiger partial charge in [0.25, 0.3) is 0 Å². The van der Waals surface area contributed by atoms with Crippen LogP contribution in [-0.2, 0) is 12.8 Å². The molecule has 0 saturated heterocycles. The molecule has 1 aliphatic carbocycles. The summed E-state index contributed by atoms with van der Waals surface area (Å²) >= 11 is 0. The third kappa shape index (κ3) is 1.78. The van der Waals surface area contributed by atoms with Crippen molar-refractivity contribution in [3.8, 4) is 0 Å². The van der Waals surface area contributed by atoms with Crippen molar-refractivity contribution in [3.63, 3.8) is 0 Å². The predicted molar refractivity (Wildman–Crippen MR) is 72.2 cm³/mol. The van der Waals surface area contributed by atoms with E-state index >= 15 is 0 Å². The van der Waals surface area contributed by atoms with Crippen LogP contribution in [0.4, 0.5) is 5.69 Å². The molecule has 0 fully saturated rings. The van der Waals surface area contributed by atoms with Crippen LogP contribution in [0.15, 0.2) is 18.2 Å². The van der Waals surface area contributed by atoms with E-state index in [2.05, 4.69) is 25.1 Å². The molecule has 88 valence electrons. The maximum Gasteiger partial charge on any atom is 0.0728 e. The summed E-state index contributed by atoms with van der Waals surface area (Å²) in [5.74, 6) is 0. The second-order valence-corrected chi connectivity index (χ2v) is 5.03. The van der Waals surface area contributed by atoms with Crippen molar-refractivity contribution < 1.29 is 0 Å². The summed E-state index contributed by atoms with van der Waals surface area (Å²) in [7, 11) is 0. The number of fused-ring (bicyclic) bond motifs is 2. The second-order valence-electron chi connectivity index (χ2n) is 5.03. The van der Waals surface area contributed by atoms with Crippen LogP contribution in [0.1, 0.15) is 36.1 Å². The minimum absolute atomic E-state index is 0.965. The number of nitrogen functional groups attached to an aromatic ring is 1. The van der Waals surface area contributed by atoms with E-state index in [0.717, 1.165) is 29.4 Å². The number of nitrogens with two attached hydrogens (primary N) is 1. The lowest BCUT2D eigenvalue weighted by Gasteiger charge is -2.12.